The number of ether oxygens (including phenoxy) is 1. The number of nitrogens with zero attached hydrogens (tertiary/aromatic N) is 1. The van der Waals surface area contributed by atoms with Gasteiger partial charge in [-0.2, -0.15) is 0 Å². The first-order chi connectivity index (χ1) is 10.1. The van der Waals surface area contributed by atoms with Crippen LogP contribution in [-0.2, 0) is 6.61 Å². The molecule has 0 N–H and O–H groups in total. The highest BCUT2D eigenvalue weighted by molar-refractivity contribution is 9.10. The molecular weight excluding hydrogens is 350 g/mol. The van der Waals surface area contributed by atoms with Crippen molar-refractivity contribution in [2.75, 3.05) is 0 Å². The molecule has 0 fully saturated rings. The van der Waals surface area contributed by atoms with Gasteiger partial charge in [0.05, 0.1) is 10.5 Å². The van der Waals surface area contributed by atoms with E-state index in [9.17, 15) is 0 Å². The third-order valence-electron chi connectivity index (χ3n) is 3.28. The van der Waals surface area contributed by atoms with Crippen LogP contribution in [0.3, 0.4) is 0 Å². The van der Waals surface area contributed by atoms with Crippen LogP contribution in [0.2, 0.25) is 5.02 Å². The number of fused-ring (bicyclic) bond motifs is 1. The molecule has 0 saturated heterocycles. The topological polar surface area (TPSA) is 22.1 Å². The summed E-state index contributed by atoms with van der Waals surface area (Å²) in [6, 6.07) is 14.1. The predicted molar refractivity (Wildman–Crippen MR) is 90.0 cm³/mol. The molecule has 0 unspecified atom stereocenters. The van der Waals surface area contributed by atoms with Gasteiger partial charge in [0.2, 0.25) is 0 Å². The number of benzene rings is 2. The predicted octanol–water partition coefficient (Wildman–Crippen LogP) is 5.54. The lowest BCUT2D eigenvalue weighted by molar-refractivity contribution is 0.306. The molecule has 0 atom stereocenters. The summed E-state index contributed by atoms with van der Waals surface area (Å²) in [4.78, 5) is 4.38. The molecule has 4 heteroatoms. The van der Waals surface area contributed by atoms with Gasteiger partial charge in [0.1, 0.15) is 12.4 Å². The molecule has 106 valence electrons. The van der Waals surface area contributed by atoms with Crippen LogP contribution in [0.15, 0.2) is 53.1 Å². The van der Waals surface area contributed by atoms with E-state index >= 15 is 0 Å². The van der Waals surface area contributed by atoms with Crippen LogP contribution in [0, 0.1) is 6.92 Å². The van der Waals surface area contributed by atoms with Gasteiger partial charge < -0.3 is 4.74 Å². The molecule has 0 bridgehead atoms. The summed E-state index contributed by atoms with van der Waals surface area (Å²) < 4.78 is 6.73. The van der Waals surface area contributed by atoms with Crippen molar-refractivity contribution >= 4 is 38.4 Å². The fourth-order valence-corrected chi connectivity index (χ4v) is 2.77. The summed E-state index contributed by atoms with van der Waals surface area (Å²) in [5.41, 5.74) is 3.13. The number of aryl methyl sites for hydroxylation is 1. The Bertz CT molecular complexity index is 790. The van der Waals surface area contributed by atoms with Crippen molar-refractivity contribution in [3.05, 3.63) is 69.3 Å². The minimum atomic E-state index is 0.539. The largest absolute Gasteiger partial charge is 0.489 e. The van der Waals surface area contributed by atoms with E-state index in [4.69, 9.17) is 16.3 Å². The maximum atomic E-state index is 6.12. The zero-order valence-corrected chi connectivity index (χ0v) is 13.8. The van der Waals surface area contributed by atoms with E-state index in [0.29, 0.717) is 11.6 Å². The van der Waals surface area contributed by atoms with Crippen LogP contribution in [-0.4, -0.2) is 4.98 Å². The maximum absolute atomic E-state index is 6.12. The average Bonchev–Trinajstić information content (AvgIpc) is 2.50. The molecule has 0 aliphatic carbocycles. The van der Waals surface area contributed by atoms with Crippen molar-refractivity contribution in [3.8, 4) is 5.75 Å². The molecule has 0 radical (unpaired) electrons. The van der Waals surface area contributed by atoms with Crippen LogP contribution in [0.4, 0.5) is 0 Å². The van der Waals surface area contributed by atoms with Gasteiger partial charge in [0.15, 0.2) is 0 Å². The highest BCUT2D eigenvalue weighted by Crippen LogP contribution is 2.33. The molecule has 0 aliphatic heterocycles. The second kappa shape index (κ2) is 6.04. The SMILES string of the molecule is Cc1cc(OCc2ccccc2)cc2c(Br)c(Cl)cnc12. The van der Waals surface area contributed by atoms with Crippen molar-refractivity contribution in [3.63, 3.8) is 0 Å². The zero-order valence-electron chi connectivity index (χ0n) is 11.4. The highest BCUT2D eigenvalue weighted by atomic mass is 79.9. The summed E-state index contributed by atoms with van der Waals surface area (Å²) in [7, 11) is 0. The number of halogens is 2. The normalized spacial score (nSPS) is 10.8. The van der Waals surface area contributed by atoms with Crippen LogP contribution in [0.1, 0.15) is 11.1 Å². The molecule has 2 aromatic carbocycles. The van der Waals surface area contributed by atoms with Gasteiger partial charge in [-0.3, -0.25) is 4.98 Å². The van der Waals surface area contributed by atoms with E-state index in [1.165, 1.54) is 0 Å². The second-order valence-electron chi connectivity index (χ2n) is 4.83. The summed E-state index contributed by atoms with van der Waals surface area (Å²) in [6.45, 7) is 2.56. The van der Waals surface area contributed by atoms with Crippen LogP contribution in [0.25, 0.3) is 10.9 Å². The summed E-state index contributed by atoms with van der Waals surface area (Å²) in [5, 5.41) is 1.56. The lowest BCUT2D eigenvalue weighted by Gasteiger charge is -2.10. The van der Waals surface area contributed by atoms with Crippen LogP contribution < -0.4 is 4.74 Å². The third kappa shape index (κ3) is 3.04. The van der Waals surface area contributed by atoms with E-state index in [2.05, 4.69) is 20.9 Å². The second-order valence-corrected chi connectivity index (χ2v) is 6.03. The minimum Gasteiger partial charge on any atom is -0.489 e. The van der Waals surface area contributed by atoms with Crippen LogP contribution in [0.5, 0.6) is 5.75 Å². The number of rotatable bonds is 3. The van der Waals surface area contributed by atoms with Crippen LogP contribution >= 0.6 is 27.5 Å². The van der Waals surface area contributed by atoms with Gasteiger partial charge in [-0.1, -0.05) is 41.9 Å². The Morgan fingerprint density at radius 1 is 1.19 bits per heavy atom. The summed E-state index contributed by atoms with van der Waals surface area (Å²) in [5.74, 6) is 0.814. The molecule has 0 saturated carbocycles. The Morgan fingerprint density at radius 3 is 2.71 bits per heavy atom. The molecule has 3 rings (SSSR count). The van der Waals surface area contributed by atoms with E-state index in [0.717, 1.165) is 32.3 Å². The van der Waals surface area contributed by atoms with E-state index in [-0.39, 0.29) is 0 Å². The fraction of sp³-hybridized carbons (Fsp3) is 0.118. The van der Waals surface area contributed by atoms with Gasteiger partial charge in [-0.05, 0) is 46.1 Å². The molecule has 1 aromatic heterocycles. The third-order valence-corrected chi connectivity index (χ3v) is 4.64. The Morgan fingerprint density at radius 2 is 1.95 bits per heavy atom. The smallest absolute Gasteiger partial charge is 0.120 e. The minimum absolute atomic E-state index is 0.539. The van der Waals surface area contributed by atoms with Gasteiger partial charge in [-0.25, -0.2) is 0 Å². The average molecular weight is 363 g/mol. The van der Waals surface area contributed by atoms with Gasteiger partial charge in [0.25, 0.3) is 0 Å². The van der Waals surface area contributed by atoms with Crippen molar-refractivity contribution in [1.29, 1.82) is 0 Å². The Labute approximate surface area is 136 Å². The first kappa shape index (κ1) is 14.4. The van der Waals surface area contributed by atoms with E-state index < -0.39 is 0 Å². The Kier molecular flexibility index (Phi) is 4.13. The number of pyridine rings is 1. The van der Waals surface area contributed by atoms with Gasteiger partial charge >= 0.3 is 0 Å². The molecule has 0 spiro atoms. The maximum Gasteiger partial charge on any atom is 0.120 e. The molecule has 21 heavy (non-hydrogen) atoms. The summed E-state index contributed by atoms with van der Waals surface area (Å²) in [6.07, 6.45) is 1.66. The fourth-order valence-electron chi connectivity index (χ4n) is 2.22. The lowest BCUT2D eigenvalue weighted by Crippen LogP contribution is -1.96. The number of hydrogen-bond donors (Lipinski definition) is 0. The molecule has 1 heterocycles. The van der Waals surface area contributed by atoms with Crippen molar-refractivity contribution in [2.24, 2.45) is 0 Å². The first-order valence-corrected chi connectivity index (χ1v) is 7.73. The first-order valence-electron chi connectivity index (χ1n) is 6.56. The molecular formula is C17H13BrClNO. The molecule has 0 amide bonds. The number of hydrogen-bond acceptors (Lipinski definition) is 2. The summed E-state index contributed by atoms with van der Waals surface area (Å²) >= 11 is 9.63. The Balaban J connectivity index is 1.94. The van der Waals surface area contributed by atoms with Crippen molar-refractivity contribution < 1.29 is 4.74 Å². The molecule has 0 aliphatic rings. The lowest BCUT2D eigenvalue weighted by atomic mass is 10.1. The molecule has 2 nitrogen and oxygen atoms in total. The van der Waals surface area contributed by atoms with Gasteiger partial charge in [-0.15, -0.1) is 0 Å². The quantitative estimate of drug-likeness (QED) is 0.610. The van der Waals surface area contributed by atoms with Crippen molar-refractivity contribution in [1.82, 2.24) is 4.98 Å². The van der Waals surface area contributed by atoms with E-state index in [1.807, 2.05) is 49.4 Å². The number of aromatic nitrogens is 1. The van der Waals surface area contributed by atoms with Crippen molar-refractivity contribution in [2.45, 2.75) is 13.5 Å². The zero-order chi connectivity index (χ0) is 14.8. The Hall–Kier alpha value is -1.58. The monoisotopic (exact) mass is 361 g/mol. The highest BCUT2D eigenvalue weighted by Gasteiger charge is 2.09. The van der Waals surface area contributed by atoms with Gasteiger partial charge in [0, 0.05) is 16.1 Å². The standard InChI is InChI=1S/C17H13BrClNO/c1-11-7-13(21-10-12-5-3-2-4-6-12)8-14-16(18)15(19)9-20-17(11)14/h2-9H,10H2,1H3. The molecule has 3 aromatic rings. The van der Waals surface area contributed by atoms with E-state index in [1.54, 1.807) is 6.20 Å².